The maximum absolute atomic E-state index is 12.6. The van der Waals surface area contributed by atoms with Gasteiger partial charge in [-0.05, 0) is 33.2 Å². The fourth-order valence-corrected chi connectivity index (χ4v) is 2.62. The third kappa shape index (κ3) is 4.12. The standard InChI is InChI=1S/C13H17F3N8O.ClH/c1-6-8(4-3-5-17-6)19-10(25)9-18-7(2)24(23-9)12-20-11(21-22-12)13(14,15)16;/h6,8,17H,3-5H2,1-2H3,(H,19,25)(H,20,21,22);1H. The van der Waals surface area contributed by atoms with E-state index in [1.54, 1.807) is 5.10 Å². The zero-order chi connectivity index (χ0) is 18.2. The smallest absolute Gasteiger partial charge is 0.345 e. The maximum atomic E-state index is 12.6. The minimum Gasteiger partial charge on any atom is -0.345 e. The lowest BCUT2D eigenvalue weighted by Gasteiger charge is -2.30. The van der Waals surface area contributed by atoms with Crippen LogP contribution >= 0.6 is 12.4 Å². The largest absolute Gasteiger partial charge is 0.451 e. The highest BCUT2D eigenvalue weighted by molar-refractivity contribution is 5.90. The van der Waals surface area contributed by atoms with Crippen molar-refractivity contribution in [3.05, 3.63) is 17.5 Å². The van der Waals surface area contributed by atoms with Gasteiger partial charge in [0, 0.05) is 12.1 Å². The number of carbonyl (C=O) groups excluding carboxylic acids is 1. The average Bonchev–Trinajstić information content (AvgIpc) is 3.15. The van der Waals surface area contributed by atoms with Crippen LogP contribution in [0.15, 0.2) is 0 Å². The molecule has 2 unspecified atom stereocenters. The number of piperidine rings is 1. The van der Waals surface area contributed by atoms with E-state index in [9.17, 15) is 18.0 Å². The molecule has 0 spiro atoms. The Kier molecular flexibility index (Phi) is 5.86. The molecule has 0 bridgehead atoms. The molecule has 0 aromatic carbocycles. The first-order valence-electron chi connectivity index (χ1n) is 7.73. The van der Waals surface area contributed by atoms with Crippen LogP contribution in [0.2, 0.25) is 0 Å². The van der Waals surface area contributed by atoms with Crippen LogP contribution in [0, 0.1) is 6.92 Å². The first kappa shape index (κ1) is 20.1. The van der Waals surface area contributed by atoms with Gasteiger partial charge in [-0.1, -0.05) is 0 Å². The molecule has 26 heavy (non-hydrogen) atoms. The van der Waals surface area contributed by atoms with Gasteiger partial charge in [-0.2, -0.15) is 22.8 Å². The van der Waals surface area contributed by atoms with E-state index < -0.39 is 17.9 Å². The number of nitrogens with zero attached hydrogens (tertiary/aromatic N) is 5. The molecule has 144 valence electrons. The summed E-state index contributed by atoms with van der Waals surface area (Å²) in [5.74, 6) is -2.01. The van der Waals surface area contributed by atoms with Crippen LogP contribution in [-0.4, -0.2) is 54.5 Å². The number of aryl methyl sites for hydroxylation is 1. The Bertz CT molecular complexity index is 774. The van der Waals surface area contributed by atoms with Gasteiger partial charge in [0.05, 0.1) is 0 Å². The Balaban J connectivity index is 0.00000243. The van der Waals surface area contributed by atoms with Crippen LogP contribution in [0.3, 0.4) is 0 Å². The summed E-state index contributed by atoms with van der Waals surface area (Å²) in [5.41, 5.74) is 0. The second kappa shape index (κ2) is 7.58. The fourth-order valence-electron chi connectivity index (χ4n) is 2.62. The number of alkyl halides is 3. The lowest BCUT2D eigenvalue weighted by atomic mass is 10.00. The second-order valence-corrected chi connectivity index (χ2v) is 5.84. The van der Waals surface area contributed by atoms with Crippen molar-refractivity contribution in [2.24, 2.45) is 0 Å². The van der Waals surface area contributed by atoms with Crippen LogP contribution in [0.4, 0.5) is 13.2 Å². The van der Waals surface area contributed by atoms with Gasteiger partial charge in [-0.25, -0.2) is 4.98 Å². The highest BCUT2D eigenvalue weighted by Crippen LogP contribution is 2.26. The minimum absolute atomic E-state index is 0. The number of aromatic nitrogens is 6. The summed E-state index contributed by atoms with van der Waals surface area (Å²) in [6.45, 7) is 4.36. The van der Waals surface area contributed by atoms with Crippen molar-refractivity contribution in [2.75, 3.05) is 6.54 Å². The van der Waals surface area contributed by atoms with Gasteiger partial charge < -0.3 is 10.6 Å². The summed E-state index contributed by atoms with van der Waals surface area (Å²) in [5, 5.41) is 15.3. The number of nitrogens with one attached hydrogen (secondary N) is 3. The van der Waals surface area contributed by atoms with Gasteiger partial charge in [0.1, 0.15) is 5.82 Å². The molecule has 1 aliphatic rings. The van der Waals surface area contributed by atoms with Crippen LogP contribution in [0.25, 0.3) is 5.95 Å². The van der Waals surface area contributed by atoms with Gasteiger partial charge >= 0.3 is 6.18 Å². The summed E-state index contributed by atoms with van der Waals surface area (Å²) in [4.78, 5) is 19.6. The van der Waals surface area contributed by atoms with Crippen molar-refractivity contribution in [2.45, 2.75) is 44.9 Å². The molecular formula is C13H18ClF3N8O. The maximum Gasteiger partial charge on any atom is 0.451 e. The van der Waals surface area contributed by atoms with Crippen molar-refractivity contribution >= 4 is 18.3 Å². The van der Waals surface area contributed by atoms with Crippen LogP contribution in [-0.2, 0) is 6.18 Å². The SMILES string of the molecule is Cc1nc(C(=O)NC2CCCNC2C)nn1-c1n[nH]c(C(F)(F)F)n1.Cl. The molecule has 1 amide bonds. The Morgan fingerprint density at radius 2 is 2.08 bits per heavy atom. The Morgan fingerprint density at radius 3 is 2.69 bits per heavy atom. The van der Waals surface area contributed by atoms with Gasteiger partial charge in [0.15, 0.2) is 0 Å². The monoisotopic (exact) mass is 394 g/mol. The lowest BCUT2D eigenvalue weighted by molar-refractivity contribution is -0.144. The number of hydrogen-bond acceptors (Lipinski definition) is 6. The number of amides is 1. The number of rotatable bonds is 3. The number of carbonyl (C=O) groups is 1. The van der Waals surface area contributed by atoms with Crippen molar-refractivity contribution in [3.8, 4) is 5.95 Å². The van der Waals surface area contributed by atoms with Crippen LogP contribution < -0.4 is 10.6 Å². The quantitative estimate of drug-likeness (QED) is 0.716. The molecule has 0 saturated carbocycles. The summed E-state index contributed by atoms with van der Waals surface area (Å²) >= 11 is 0. The van der Waals surface area contributed by atoms with E-state index in [1.807, 2.05) is 6.92 Å². The highest BCUT2D eigenvalue weighted by atomic mass is 35.5. The zero-order valence-corrected chi connectivity index (χ0v) is 14.8. The van der Waals surface area contributed by atoms with Crippen LogP contribution in [0.5, 0.6) is 0 Å². The highest BCUT2D eigenvalue weighted by Gasteiger charge is 2.36. The average molecular weight is 395 g/mol. The minimum atomic E-state index is -4.65. The molecule has 1 aliphatic heterocycles. The van der Waals surface area contributed by atoms with Crippen molar-refractivity contribution in [3.63, 3.8) is 0 Å². The molecule has 3 rings (SSSR count). The first-order valence-corrected chi connectivity index (χ1v) is 7.73. The van der Waals surface area contributed by atoms with E-state index >= 15 is 0 Å². The molecule has 2 aromatic rings. The van der Waals surface area contributed by atoms with E-state index in [4.69, 9.17) is 0 Å². The Labute approximate surface area is 152 Å². The molecule has 1 fully saturated rings. The second-order valence-electron chi connectivity index (χ2n) is 5.84. The Hall–Kier alpha value is -2.21. The predicted molar refractivity (Wildman–Crippen MR) is 86.2 cm³/mol. The molecule has 1 saturated heterocycles. The Morgan fingerprint density at radius 1 is 1.35 bits per heavy atom. The number of hydrogen-bond donors (Lipinski definition) is 3. The van der Waals surface area contributed by atoms with E-state index in [1.165, 1.54) is 6.92 Å². The number of halogens is 4. The summed E-state index contributed by atoms with van der Waals surface area (Å²) < 4.78 is 38.8. The molecule has 2 aromatic heterocycles. The van der Waals surface area contributed by atoms with Gasteiger partial charge in [-0.3, -0.25) is 9.89 Å². The molecule has 13 heteroatoms. The normalized spacial score (nSPS) is 20.5. The van der Waals surface area contributed by atoms with Crippen molar-refractivity contribution < 1.29 is 18.0 Å². The number of H-pyrrole nitrogens is 1. The molecule has 3 heterocycles. The third-order valence-electron chi connectivity index (χ3n) is 3.98. The summed E-state index contributed by atoms with van der Waals surface area (Å²) in [7, 11) is 0. The topological polar surface area (TPSA) is 113 Å². The molecule has 0 aliphatic carbocycles. The van der Waals surface area contributed by atoms with E-state index in [2.05, 4.69) is 30.8 Å². The molecule has 9 nitrogen and oxygen atoms in total. The molecular weight excluding hydrogens is 377 g/mol. The first-order chi connectivity index (χ1) is 11.8. The van der Waals surface area contributed by atoms with Gasteiger partial charge in [0.25, 0.3) is 11.9 Å². The van der Waals surface area contributed by atoms with E-state index in [0.717, 1.165) is 24.1 Å². The molecule has 2 atom stereocenters. The lowest BCUT2D eigenvalue weighted by Crippen LogP contribution is -2.52. The van der Waals surface area contributed by atoms with Crippen molar-refractivity contribution in [1.82, 2.24) is 40.6 Å². The fraction of sp³-hybridized carbons (Fsp3) is 0.615. The molecule has 0 radical (unpaired) electrons. The van der Waals surface area contributed by atoms with Crippen molar-refractivity contribution in [1.29, 1.82) is 0 Å². The van der Waals surface area contributed by atoms with E-state index in [-0.39, 0.29) is 42.1 Å². The summed E-state index contributed by atoms with van der Waals surface area (Å²) in [6.07, 6.45) is -2.88. The molecule has 3 N–H and O–H groups in total. The zero-order valence-electron chi connectivity index (χ0n) is 14.0. The van der Waals surface area contributed by atoms with Gasteiger partial charge in [0.2, 0.25) is 11.6 Å². The predicted octanol–water partition coefficient (Wildman–Crippen LogP) is 1.00. The summed E-state index contributed by atoms with van der Waals surface area (Å²) in [6, 6.07) is 0.0529. The number of aromatic amines is 1. The van der Waals surface area contributed by atoms with Crippen LogP contribution in [0.1, 0.15) is 42.0 Å². The van der Waals surface area contributed by atoms with Gasteiger partial charge in [-0.15, -0.1) is 22.6 Å². The van der Waals surface area contributed by atoms with E-state index in [0.29, 0.717) is 0 Å². The third-order valence-corrected chi connectivity index (χ3v) is 3.98.